The number of rotatable bonds is 3. The first-order valence-corrected chi connectivity index (χ1v) is 5.76. The maximum absolute atomic E-state index is 12.5. The van der Waals surface area contributed by atoms with E-state index >= 15 is 0 Å². The molecule has 4 nitrogen and oxygen atoms in total. The number of ether oxygens (including phenoxy) is 1. The van der Waals surface area contributed by atoms with Crippen molar-refractivity contribution in [2.45, 2.75) is 25.1 Å². The second kappa shape index (κ2) is 5.08. The zero-order chi connectivity index (χ0) is 14.0. The number of nitrogens with one attached hydrogen (secondary N) is 1. The third kappa shape index (κ3) is 3.17. The van der Waals surface area contributed by atoms with Gasteiger partial charge >= 0.3 is 6.18 Å². The Morgan fingerprint density at radius 2 is 2.11 bits per heavy atom. The van der Waals surface area contributed by atoms with Crippen LogP contribution in [0.1, 0.15) is 12.0 Å². The maximum atomic E-state index is 12.5. The molecule has 1 unspecified atom stereocenters. The lowest BCUT2D eigenvalue weighted by atomic mass is 10.0. The predicted octanol–water partition coefficient (Wildman–Crippen LogP) is 1.84. The van der Waals surface area contributed by atoms with E-state index in [1.807, 2.05) is 0 Å². The standard InChI is InChI=1S/C12H13F3N2O2/c13-12(14,15)10(6-16)19-8-2-3-9-7(5-8)1-4-11(18)17-9/h2-3,5,10H,1,4,6,16H2,(H,17,18). The first-order valence-electron chi connectivity index (χ1n) is 5.76. The number of alkyl halides is 3. The highest BCUT2D eigenvalue weighted by atomic mass is 19.4. The molecule has 0 saturated carbocycles. The van der Waals surface area contributed by atoms with Crippen LogP contribution in [-0.4, -0.2) is 24.7 Å². The highest BCUT2D eigenvalue weighted by Gasteiger charge is 2.40. The minimum atomic E-state index is -4.50. The summed E-state index contributed by atoms with van der Waals surface area (Å²) in [7, 11) is 0. The summed E-state index contributed by atoms with van der Waals surface area (Å²) in [5.74, 6) is -0.000955. The maximum Gasteiger partial charge on any atom is 0.426 e. The molecule has 19 heavy (non-hydrogen) atoms. The fourth-order valence-electron chi connectivity index (χ4n) is 1.85. The molecule has 0 aromatic heterocycles. The number of carbonyl (C=O) groups is 1. The van der Waals surface area contributed by atoms with Crippen molar-refractivity contribution in [2.24, 2.45) is 5.73 Å². The van der Waals surface area contributed by atoms with Crippen LogP contribution in [0, 0.1) is 0 Å². The van der Waals surface area contributed by atoms with Crippen molar-refractivity contribution in [3.8, 4) is 5.75 Å². The van der Waals surface area contributed by atoms with Crippen LogP contribution in [0.4, 0.5) is 18.9 Å². The van der Waals surface area contributed by atoms with Gasteiger partial charge in [-0.25, -0.2) is 0 Å². The van der Waals surface area contributed by atoms with Gasteiger partial charge in [-0.2, -0.15) is 13.2 Å². The van der Waals surface area contributed by atoms with Crippen molar-refractivity contribution in [3.05, 3.63) is 23.8 Å². The number of carbonyl (C=O) groups excluding carboxylic acids is 1. The van der Waals surface area contributed by atoms with Gasteiger partial charge in [0.05, 0.1) is 0 Å². The summed E-state index contributed by atoms with van der Waals surface area (Å²) in [6, 6.07) is 4.42. The summed E-state index contributed by atoms with van der Waals surface area (Å²) in [5, 5.41) is 2.64. The zero-order valence-electron chi connectivity index (χ0n) is 9.96. The predicted molar refractivity (Wildman–Crippen MR) is 62.9 cm³/mol. The van der Waals surface area contributed by atoms with Gasteiger partial charge in [0.25, 0.3) is 0 Å². The van der Waals surface area contributed by atoms with Crippen molar-refractivity contribution in [1.29, 1.82) is 0 Å². The topological polar surface area (TPSA) is 64.3 Å². The van der Waals surface area contributed by atoms with Crippen LogP contribution in [0.15, 0.2) is 18.2 Å². The molecule has 1 heterocycles. The normalized spacial score (nSPS) is 16.5. The average molecular weight is 274 g/mol. The van der Waals surface area contributed by atoms with Crippen LogP contribution in [0.2, 0.25) is 0 Å². The van der Waals surface area contributed by atoms with Gasteiger partial charge in [-0.15, -0.1) is 0 Å². The Morgan fingerprint density at radius 3 is 2.74 bits per heavy atom. The molecule has 3 N–H and O–H groups in total. The van der Waals surface area contributed by atoms with E-state index in [1.54, 1.807) is 0 Å². The second-order valence-corrected chi connectivity index (χ2v) is 4.25. The van der Waals surface area contributed by atoms with Crippen molar-refractivity contribution in [3.63, 3.8) is 0 Å². The minimum Gasteiger partial charge on any atom is -0.480 e. The number of hydrogen-bond donors (Lipinski definition) is 2. The summed E-state index contributed by atoms with van der Waals surface area (Å²) in [6.45, 7) is -0.642. The molecule has 7 heteroatoms. The van der Waals surface area contributed by atoms with Gasteiger partial charge in [-0.3, -0.25) is 4.79 Å². The minimum absolute atomic E-state index is 0.0997. The van der Waals surface area contributed by atoms with Crippen LogP contribution in [-0.2, 0) is 11.2 Å². The highest BCUT2D eigenvalue weighted by Crippen LogP contribution is 2.29. The fraction of sp³-hybridized carbons (Fsp3) is 0.417. The number of anilines is 1. The Kier molecular flexibility index (Phi) is 3.66. The van der Waals surface area contributed by atoms with Crippen molar-refractivity contribution >= 4 is 11.6 Å². The Bertz CT molecular complexity index is 488. The smallest absolute Gasteiger partial charge is 0.426 e. The third-order valence-electron chi connectivity index (χ3n) is 2.83. The van der Waals surface area contributed by atoms with Crippen LogP contribution < -0.4 is 15.8 Å². The number of benzene rings is 1. The van der Waals surface area contributed by atoms with Gasteiger partial charge in [-0.1, -0.05) is 0 Å². The molecule has 1 aliphatic rings. The van der Waals surface area contributed by atoms with Gasteiger partial charge < -0.3 is 15.8 Å². The van der Waals surface area contributed by atoms with Crippen molar-refractivity contribution in [1.82, 2.24) is 0 Å². The van der Waals surface area contributed by atoms with E-state index in [2.05, 4.69) is 5.32 Å². The first-order chi connectivity index (χ1) is 8.90. The third-order valence-corrected chi connectivity index (χ3v) is 2.83. The number of aryl methyl sites for hydroxylation is 1. The molecule has 0 aliphatic carbocycles. The van der Waals surface area contributed by atoms with Crippen LogP contribution in [0.5, 0.6) is 5.75 Å². The number of nitrogens with two attached hydrogens (primary N) is 1. The zero-order valence-corrected chi connectivity index (χ0v) is 9.96. The van der Waals surface area contributed by atoms with Gasteiger partial charge in [0.15, 0.2) is 0 Å². The molecule has 0 radical (unpaired) electrons. The number of amides is 1. The summed E-state index contributed by atoms with van der Waals surface area (Å²) in [5.41, 5.74) is 6.43. The largest absolute Gasteiger partial charge is 0.480 e. The number of hydrogen-bond acceptors (Lipinski definition) is 3. The fourth-order valence-corrected chi connectivity index (χ4v) is 1.85. The highest BCUT2D eigenvalue weighted by molar-refractivity contribution is 5.93. The van der Waals surface area contributed by atoms with Gasteiger partial charge in [0.1, 0.15) is 5.75 Å². The van der Waals surface area contributed by atoms with Gasteiger partial charge in [-0.05, 0) is 30.2 Å². The lowest BCUT2D eigenvalue weighted by Crippen LogP contribution is -2.40. The Hall–Kier alpha value is -1.76. The van der Waals surface area contributed by atoms with E-state index in [-0.39, 0.29) is 11.7 Å². The Morgan fingerprint density at radius 1 is 1.37 bits per heavy atom. The van der Waals surface area contributed by atoms with Crippen molar-refractivity contribution in [2.75, 3.05) is 11.9 Å². The molecule has 1 aromatic rings. The molecule has 0 fully saturated rings. The van der Waals surface area contributed by atoms with E-state index in [9.17, 15) is 18.0 Å². The van der Waals surface area contributed by atoms with E-state index in [1.165, 1.54) is 18.2 Å². The molecule has 0 spiro atoms. The molecular weight excluding hydrogens is 261 g/mol. The molecule has 0 saturated heterocycles. The van der Waals surface area contributed by atoms with Crippen molar-refractivity contribution < 1.29 is 22.7 Å². The molecule has 1 amide bonds. The molecule has 1 aliphatic heterocycles. The van der Waals surface area contributed by atoms with Crippen LogP contribution >= 0.6 is 0 Å². The molecular formula is C12H13F3N2O2. The van der Waals surface area contributed by atoms with Gasteiger partial charge in [0.2, 0.25) is 12.0 Å². The van der Waals surface area contributed by atoms with E-state index in [4.69, 9.17) is 10.5 Å². The van der Waals surface area contributed by atoms with Crippen LogP contribution in [0.25, 0.3) is 0 Å². The van der Waals surface area contributed by atoms with Crippen LogP contribution in [0.3, 0.4) is 0 Å². The number of halogens is 3. The molecule has 1 atom stereocenters. The SMILES string of the molecule is NCC(Oc1ccc2c(c1)CCC(=O)N2)C(F)(F)F. The monoisotopic (exact) mass is 274 g/mol. The van der Waals surface area contributed by atoms with Gasteiger partial charge in [0, 0.05) is 18.7 Å². The Labute approximate surface area is 107 Å². The average Bonchev–Trinajstić information content (AvgIpc) is 2.34. The molecule has 1 aromatic carbocycles. The molecule has 104 valence electrons. The number of fused-ring (bicyclic) bond motifs is 1. The molecule has 0 bridgehead atoms. The Balaban J connectivity index is 2.16. The van der Waals surface area contributed by atoms with E-state index < -0.39 is 18.8 Å². The quantitative estimate of drug-likeness (QED) is 0.884. The van der Waals surface area contributed by atoms with E-state index in [0.29, 0.717) is 18.5 Å². The lowest BCUT2D eigenvalue weighted by Gasteiger charge is -2.22. The summed E-state index contributed by atoms with van der Waals surface area (Å²) < 4.78 is 42.5. The van der Waals surface area contributed by atoms with E-state index in [0.717, 1.165) is 5.56 Å². The first kappa shape index (κ1) is 13.7. The summed E-state index contributed by atoms with van der Waals surface area (Å²) in [4.78, 5) is 11.2. The lowest BCUT2D eigenvalue weighted by molar-refractivity contribution is -0.191. The summed E-state index contributed by atoms with van der Waals surface area (Å²) in [6.07, 6.45) is -5.73. The summed E-state index contributed by atoms with van der Waals surface area (Å²) >= 11 is 0. The second-order valence-electron chi connectivity index (χ2n) is 4.25. The molecule has 2 rings (SSSR count).